The number of piperazine rings is 1. The number of carbonyl (C=O) groups is 1. The van der Waals surface area contributed by atoms with Crippen molar-refractivity contribution in [3.8, 4) is 11.4 Å². The molecule has 0 unspecified atom stereocenters. The highest BCUT2D eigenvalue weighted by molar-refractivity contribution is 5.97. The van der Waals surface area contributed by atoms with Crippen LogP contribution in [-0.4, -0.2) is 73.9 Å². The molecule has 9 nitrogen and oxygen atoms in total. The van der Waals surface area contributed by atoms with Crippen LogP contribution in [0.15, 0.2) is 49.1 Å². The van der Waals surface area contributed by atoms with Crippen LogP contribution in [0.4, 0.5) is 5.82 Å². The van der Waals surface area contributed by atoms with Gasteiger partial charge in [0.2, 0.25) is 0 Å². The maximum absolute atomic E-state index is 12.8. The molecule has 0 N–H and O–H groups in total. The van der Waals surface area contributed by atoms with Crippen molar-refractivity contribution < 1.29 is 4.79 Å². The van der Waals surface area contributed by atoms with E-state index in [9.17, 15) is 4.79 Å². The van der Waals surface area contributed by atoms with E-state index in [-0.39, 0.29) is 12.2 Å². The van der Waals surface area contributed by atoms with E-state index in [2.05, 4.69) is 42.1 Å². The number of aromatic nitrogens is 6. The highest BCUT2D eigenvalue weighted by Gasteiger charge is 2.16. The number of ketones is 1. The smallest absolute Gasteiger partial charge is 0.170 e. The Morgan fingerprint density at radius 1 is 0.906 bits per heavy atom. The summed E-state index contributed by atoms with van der Waals surface area (Å²) in [6.07, 6.45) is 7.22. The minimum Gasteiger partial charge on any atom is -0.354 e. The fourth-order valence-corrected chi connectivity index (χ4v) is 3.83. The largest absolute Gasteiger partial charge is 0.354 e. The lowest BCUT2D eigenvalue weighted by molar-refractivity contribution is 0.0991. The SMILES string of the molecule is CN1CCN(c2ccc(C(=O)Cc3cc4cc(-c5cn(C)nn5)ncc4cn3)cn2)CC1. The lowest BCUT2D eigenvalue weighted by atomic mass is 10.1. The molecule has 4 aromatic rings. The maximum Gasteiger partial charge on any atom is 0.170 e. The molecule has 0 spiro atoms. The average Bonchev–Trinajstić information content (AvgIpc) is 3.25. The Hall–Kier alpha value is -3.72. The Bertz CT molecular complexity index is 1260. The summed E-state index contributed by atoms with van der Waals surface area (Å²) >= 11 is 0. The third-order valence-corrected chi connectivity index (χ3v) is 5.76. The summed E-state index contributed by atoms with van der Waals surface area (Å²) in [6, 6.07) is 7.67. The standard InChI is InChI=1S/C23H24N8O/c1-29-5-7-31(8-6-29)23-4-3-16(12-26-23)22(32)11-19-9-17-10-20(21-15-30(2)28-27-21)25-14-18(17)13-24-19/h3-4,9-10,12-15H,5-8,11H2,1-2H3. The predicted octanol–water partition coefficient (Wildman–Crippen LogP) is 2.00. The van der Waals surface area contributed by atoms with Gasteiger partial charge in [-0.2, -0.15) is 0 Å². The molecule has 0 aliphatic carbocycles. The van der Waals surface area contributed by atoms with Crippen LogP contribution in [0.1, 0.15) is 16.1 Å². The summed E-state index contributed by atoms with van der Waals surface area (Å²) in [7, 11) is 3.94. The number of carbonyl (C=O) groups excluding carboxylic acids is 1. The molecule has 0 saturated carbocycles. The van der Waals surface area contributed by atoms with Gasteiger partial charge in [-0.25, -0.2) is 4.98 Å². The van der Waals surface area contributed by atoms with Crippen LogP contribution in [0.3, 0.4) is 0 Å². The van der Waals surface area contributed by atoms with Gasteiger partial charge in [-0.1, -0.05) is 5.21 Å². The van der Waals surface area contributed by atoms with Crippen molar-refractivity contribution in [1.82, 2.24) is 34.8 Å². The minimum absolute atomic E-state index is 0.00233. The van der Waals surface area contributed by atoms with Crippen LogP contribution in [0.2, 0.25) is 0 Å². The number of hydrogen-bond donors (Lipinski definition) is 0. The molecule has 0 aromatic carbocycles. The number of aryl methyl sites for hydroxylation is 1. The molecule has 0 radical (unpaired) electrons. The molecule has 4 aromatic heterocycles. The molecule has 0 bridgehead atoms. The first-order chi connectivity index (χ1) is 15.5. The molecule has 9 heteroatoms. The fourth-order valence-electron chi connectivity index (χ4n) is 3.83. The van der Waals surface area contributed by atoms with Crippen LogP contribution < -0.4 is 4.90 Å². The lowest BCUT2D eigenvalue weighted by Crippen LogP contribution is -2.44. The summed E-state index contributed by atoms with van der Waals surface area (Å²) < 4.78 is 1.64. The van der Waals surface area contributed by atoms with Crippen molar-refractivity contribution in [2.24, 2.45) is 7.05 Å². The number of nitrogens with zero attached hydrogens (tertiary/aromatic N) is 8. The van der Waals surface area contributed by atoms with E-state index in [0.29, 0.717) is 17.0 Å². The van der Waals surface area contributed by atoms with E-state index in [1.165, 1.54) is 0 Å². The van der Waals surface area contributed by atoms with Crippen molar-refractivity contribution in [1.29, 1.82) is 0 Å². The normalized spacial score (nSPS) is 14.8. The quantitative estimate of drug-likeness (QED) is 0.446. The Labute approximate surface area is 185 Å². The molecule has 0 amide bonds. The van der Waals surface area contributed by atoms with Gasteiger partial charge in [-0.3, -0.25) is 19.4 Å². The van der Waals surface area contributed by atoms with E-state index < -0.39 is 0 Å². The number of anilines is 1. The van der Waals surface area contributed by atoms with Crippen molar-refractivity contribution in [2.75, 3.05) is 38.1 Å². The Kier molecular flexibility index (Phi) is 5.32. The molecule has 162 valence electrons. The Morgan fingerprint density at radius 2 is 1.72 bits per heavy atom. The summed E-state index contributed by atoms with van der Waals surface area (Å²) in [5.41, 5.74) is 2.75. The predicted molar refractivity (Wildman–Crippen MR) is 122 cm³/mol. The summed E-state index contributed by atoms with van der Waals surface area (Å²) in [5, 5.41) is 9.95. The number of hydrogen-bond acceptors (Lipinski definition) is 8. The number of Topliss-reactive ketones (excluding diaryl/α,β-unsaturated/α-hetero) is 1. The summed E-state index contributed by atoms with van der Waals surface area (Å²) in [5.74, 6) is 0.917. The van der Waals surface area contributed by atoms with Crippen LogP contribution in [0.25, 0.3) is 22.2 Å². The van der Waals surface area contributed by atoms with E-state index in [1.54, 1.807) is 23.3 Å². The summed E-state index contributed by atoms with van der Waals surface area (Å²) in [4.78, 5) is 30.8. The topological polar surface area (TPSA) is 92.9 Å². The number of fused-ring (bicyclic) bond motifs is 1. The van der Waals surface area contributed by atoms with E-state index in [0.717, 1.165) is 48.5 Å². The van der Waals surface area contributed by atoms with E-state index >= 15 is 0 Å². The first kappa shape index (κ1) is 20.2. The van der Waals surface area contributed by atoms with Gasteiger partial charge in [0.25, 0.3) is 0 Å². The zero-order chi connectivity index (χ0) is 22.1. The number of pyridine rings is 3. The highest BCUT2D eigenvalue weighted by atomic mass is 16.1. The molecule has 1 saturated heterocycles. The van der Waals surface area contributed by atoms with Crippen molar-refractivity contribution >= 4 is 22.4 Å². The molecular formula is C23H24N8O. The summed E-state index contributed by atoms with van der Waals surface area (Å²) in [6.45, 7) is 3.93. The molecule has 32 heavy (non-hydrogen) atoms. The van der Waals surface area contributed by atoms with Crippen molar-refractivity contribution in [2.45, 2.75) is 6.42 Å². The second kappa shape index (κ2) is 8.43. The molecule has 1 aliphatic heterocycles. The monoisotopic (exact) mass is 428 g/mol. The second-order valence-electron chi connectivity index (χ2n) is 8.17. The molecular weight excluding hydrogens is 404 g/mol. The third kappa shape index (κ3) is 4.19. The zero-order valence-corrected chi connectivity index (χ0v) is 18.1. The van der Waals surface area contributed by atoms with Gasteiger partial charge in [-0.15, -0.1) is 5.10 Å². The lowest BCUT2D eigenvalue weighted by Gasteiger charge is -2.33. The van der Waals surface area contributed by atoms with Crippen molar-refractivity contribution in [3.05, 3.63) is 60.3 Å². The van der Waals surface area contributed by atoms with Gasteiger partial charge < -0.3 is 9.80 Å². The van der Waals surface area contributed by atoms with Gasteiger partial charge in [0.05, 0.1) is 18.3 Å². The minimum atomic E-state index is -0.00233. The van der Waals surface area contributed by atoms with Gasteiger partial charge in [0.1, 0.15) is 11.5 Å². The first-order valence-electron chi connectivity index (χ1n) is 10.6. The fraction of sp³-hybridized carbons (Fsp3) is 0.304. The Morgan fingerprint density at radius 3 is 2.44 bits per heavy atom. The molecule has 1 fully saturated rings. The first-order valence-corrected chi connectivity index (χ1v) is 10.6. The van der Waals surface area contributed by atoms with Crippen LogP contribution in [0, 0.1) is 0 Å². The zero-order valence-electron chi connectivity index (χ0n) is 18.1. The molecule has 0 atom stereocenters. The maximum atomic E-state index is 12.8. The number of rotatable bonds is 5. The van der Waals surface area contributed by atoms with Crippen LogP contribution in [-0.2, 0) is 13.5 Å². The van der Waals surface area contributed by atoms with E-state index in [4.69, 9.17) is 0 Å². The highest BCUT2D eigenvalue weighted by Crippen LogP contribution is 2.21. The molecule has 1 aliphatic rings. The molecule has 5 heterocycles. The van der Waals surface area contributed by atoms with Crippen LogP contribution in [0.5, 0.6) is 0 Å². The second-order valence-corrected chi connectivity index (χ2v) is 8.17. The van der Waals surface area contributed by atoms with E-state index in [1.807, 2.05) is 37.5 Å². The van der Waals surface area contributed by atoms with Crippen molar-refractivity contribution in [3.63, 3.8) is 0 Å². The number of likely N-dealkylation sites (N-methyl/N-ethyl adjacent to an activating group) is 1. The molecule has 5 rings (SSSR count). The van der Waals surface area contributed by atoms with Gasteiger partial charge in [-0.05, 0) is 36.7 Å². The van der Waals surface area contributed by atoms with Gasteiger partial charge in [0.15, 0.2) is 5.78 Å². The van der Waals surface area contributed by atoms with Crippen LogP contribution >= 0.6 is 0 Å². The van der Waals surface area contributed by atoms with Gasteiger partial charge >= 0.3 is 0 Å². The Balaban J connectivity index is 1.31. The average molecular weight is 429 g/mol. The third-order valence-electron chi connectivity index (χ3n) is 5.76. The van der Waals surface area contributed by atoms with Gasteiger partial charge in [0, 0.05) is 68.5 Å².